The molecule has 0 fully saturated rings. The molecule has 2 rings (SSSR count). The third-order valence-corrected chi connectivity index (χ3v) is 3.50. The largest absolute Gasteiger partial charge is 0.383 e. The molecule has 106 valence electrons. The van der Waals surface area contributed by atoms with E-state index in [1.807, 2.05) is 24.5 Å². The maximum absolute atomic E-state index is 5.96. The van der Waals surface area contributed by atoms with E-state index in [9.17, 15) is 0 Å². The molecule has 4 heteroatoms. The SMILES string of the molecule is CCNC(Cc1cccnc1N)c1ccncc1CC. The lowest BCUT2D eigenvalue weighted by molar-refractivity contribution is 0.545. The van der Waals surface area contributed by atoms with Gasteiger partial charge in [-0.2, -0.15) is 0 Å². The minimum atomic E-state index is 0.240. The van der Waals surface area contributed by atoms with Gasteiger partial charge in [-0.3, -0.25) is 4.98 Å². The number of hydrogen-bond donors (Lipinski definition) is 2. The Hall–Kier alpha value is -1.94. The fraction of sp³-hybridized carbons (Fsp3) is 0.375. The number of likely N-dealkylation sites (N-methyl/N-ethyl adjacent to an activating group) is 1. The smallest absolute Gasteiger partial charge is 0.126 e. The van der Waals surface area contributed by atoms with Gasteiger partial charge in [0.05, 0.1) is 0 Å². The molecular formula is C16H22N4. The fourth-order valence-corrected chi connectivity index (χ4v) is 2.46. The van der Waals surface area contributed by atoms with E-state index in [4.69, 9.17) is 5.73 Å². The van der Waals surface area contributed by atoms with E-state index in [-0.39, 0.29) is 6.04 Å². The number of nitrogens with zero attached hydrogens (tertiary/aromatic N) is 2. The summed E-state index contributed by atoms with van der Waals surface area (Å²) < 4.78 is 0. The van der Waals surface area contributed by atoms with Crippen LogP contribution >= 0.6 is 0 Å². The minimum Gasteiger partial charge on any atom is -0.383 e. The molecule has 20 heavy (non-hydrogen) atoms. The van der Waals surface area contributed by atoms with Crippen molar-refractivity contribution in [1.29, 1.82) is 0 Å². The maximum Gasteiger partial charge on any atom is 0.126 e. The second-order valence-electron chi connectivity index (χ2n) is 4.79. The molecule has 3 N–H and O–H groups in total. The van der Waals surface area contributed by atoms with Crippen molar-refractivity contribution >= 4 is 5.82 Å². The Morgan fingerprint density at radius 1 is 1.20 bits per heavy atom. The average molecular weight is 270 g/mol. The van der Waals surface area contributed by atoms with Gasteiger partial charge in [0, 0.05) is 24.6 Å². The first-order valence-corrected chi connectivity index (χ1v) is 7.11. The third-order valence-electron chi connectivity index (χ3n) is 3.50. The van der Waals surface area contributed by atoms with Crippen LogP contribution in [0.2, 0.25) is 0 Å². The summed E-state index contributed by atoms with van der Waals surface area (Å²) in [7, 11) is 0. The van der Waals surface area contributed by atoms with Gasteiger partial charge < -0.3 is 11.1 Å². The summed E-state index contributed by atoms with van der Waals surface area (Å²) >= 11 is 0. The van der Waals surface area contributed by atoms with Crippen molar-refractivity contribution < 1.29 is 0 Å². The Bertz CT molecular complexity index is 554. The lowest BCUT2D eigenvalue weighted by Crippen LogP contribution is -2.24. The van der Waals surface area contributed by atoms with Crippen LogP contribution in [-0.4, -0.2) is 16.5 Å². The lowest BCUT2D eigenvalue weighted by Gasteiger charge is -2.21. The molecule has 0 bridgehead atoms. The summed E-state index contributed by atoms with van der Waals surface area (Å²) in [5, 5.41) is 3.54. The molecule has 0 aliphatic rings. The molecule has 0 aromatic carbocycles. The third kappa shape index (κ3) is 3.33. The van der Waals surface area contributed by atoms with Crippen LogP contribution in [0.25, 0.3) is 0 Å². The summed E-state index contributed by atoms with van der Waals surface area (Å²) in [6.07, 6.45) is 7.35. The minimum absolute atomic E-state index is 0.240. The standard InChI is InChI=1S/C16H22N4/c1-3-12-11-18-9-7-14(12)15(19-4-2)10-13-6-5-8-20-16(13)17/h5-9,11,15,19H,3-4,10H2,1-2H3,(H2,17,20). The molecule has 1 atom stereocenters. The summed E-state index contributed by atoms with van der Waals surface area (Å²) in [6.45, 7) is 5.19. The van der Waals surface area contributed by atoms with Crippen molar-refractivity contribution in [1.82, 2.24) is 15.3 Å². The highest BCUT2D eigenvalue weighted by atomic mass is 14.9. The molecule has 4 nitrogen and oxygen atoms in total. The van der Waals surface area contributed by atoms with Crippen LogP contribution in [0.5, 0.6) is 0 Å². The highest BCUT2D eigenvalue weighted by molar-refractivity contribution is 5.40. The number of nitrogens with two attached hydrogens (primary N) is 1. The van der Waals surface area contributed by atoms with E-state index >= 15 is 0 Å². The molecule has 2 heterocycles. The summed E-state index contributed by atoms with van der Waals surface area (Å²) in [4.78, 5) is 8.38. The van der Waals surface area contributed by atoms with Crippen LogP contribution in [0.4, 0.5) is 5.82 Å². The Balaban J connectivity index is 2.29. The topological polar surface area (TPSA) is 63.8 Å². The van der Waals surface area contributed by atoms with Crippen LogP contribution in [-0.2, 0) is 12.8 Å². The number of hydrogen-bond acceptors (Lipinski definition) is 4. The zero-order chi connectivity index (χ0) is 14.4. The summed E-state index contributed by atoms with van der Waals surface area (Å²) in [6, 6.07) is 6.31. The van der Waals surface area contributed by atoms with E-state index in [0.29, 0.717) is 5.82 Å². The van der Waals surface area contributed by atoms with E-state index < -0.39 is 0 Å². The first kappa shape index (κ1) is 14.5. The number of anilines is 1. The molecule has 0 radical (unpaired) electrons. The van der Waals surface area contributed by atoms with Gasteiger partial charge in [-0.1, -0.05) is 19.9 Å². The molecule has 0 spiro atoms. The zero-order valence-corrected chi connectivity index (χ0v) is 12.1. The molecule has 0 saturated heterocycles. The Morgan fingerprint density at radius 2 is 2.05 bits per heavy atom. The average Bonchev–Trinajstić information content (AvgIpc) is 2.49. The van der Waals surface area contributed by atoms with Crippen molar-refractivity contribution in [2.75, 3.05) is 12.3 Å². The molecule has 0 aliphatic carbocycles. The zero-order valence-electron chi connectivity index (χ0n) is 12.1. The molecule has 1 unspecified atom stereocenters. The van der Waals surface area contributed by atoms with E-state index in [1.165, 1.54) is 11.1 Å². The summed E-state index contributed by atoms with van der Waals surface area (Å²) in [5.74, 6) is 0.613. The number of rotatable bonds is 6. The van der Waals surface area contributed by atoms with Gasteiger partial charge in [-0.15, -0.1) is 0 Å². The highest BCUT2D eigenvalue weighted by Gasteiger charge is 2.15. The maximum atomic E-state index is 5.96. The van der Waals surface area contributed by atoms with Crippen molar-refractivity contribution in [3.8, 4) is 0 Å². The van der Waals surface area contributed by atoms with Gasteiger partial charge in [0.15, 0.2) is 0 Å². The van der Waals surface area contributed by atoms with Crippen molar-refractivity contribution in [2.24, 2.45) is 0 Å². The van der Waals surface area contributed by atoms with Crippen LogP contribution < -0.4 is 11.1 Å². The number of nitrogens with one attached hydrogen (secondary N) is 1. The van der Waals surface area contributed by atoms with Crippen molar-refractivity contribution in [3.63, 3.8) is 0 Å². The normalized spacial score (nSPS) is 12.3. The van der Waals surface area contributed by atoms with Gasteiger partial charge in [-0.25, -0.2) is 4.98 Å². The first-order chi connectivity index (χ1) is 9.76. The summed E-state index contributed by atoms with van der Waals surface area (Å²) in [5.41, 5.74) is 9.62. The highest BCUT2D eigenvalue weighted by Crippen LogP contribution is 2.23. The van der Waals surface area contributed by atoms with Crippen LogP contribution in [0.1, 0.15) is 36.6 Å². The van der Waals surface area contributed by atoms with E-state index in [1.54, 1.807) is 6.20 Å². The second kappa shape index (κ2) is 7.01. The molecule has 2 aromatic rings. The Labute approximate surface area is 120 Å². The molecule has 0 amide bonds. The van der Waals surface area contributed by atoms with Crippen LogP contribution in [0, 0.1) is 0 Å². The Kier molecular flexibility index (Phi) is 5.07. The number of pyridine rings is 2. The molecular weight excluding hydrogens is 248 g/mol. The van der Waals surface area contributed by atoms with Gasteiger partial charge >= 0.3 is 0 Å². The molecule has 0 saturated carbocycles. The quantitative estimate of drug-likeness (QED) is 0.846. The van der Waals surface area contributed by atoms with E-state index in [0.717, 1.165) is 24.9 Å². The predicted octanol–water partition coefficient (Wildman–Crippen LogP) is 2.51. The van der Waals surface area contributed by atoms with Gasteiger partial charge in [0.2, 0.25) is 0 Å². The predicted molar refractivity (Wildman–Crippen MR) is 82.4 cm³/mol. The first-order valence-electron chi connectivity index (χ1n) is 7.11. The van der Waals surface area contributed by atoms with Crippen LogP contribution in [0.3, 0.4) is 0 Å². The lowest BCUT2D eigenvalue weighted by atomic mass is 9.95. The monoisotopic (exact) mass is 270 g/mol. The van der Waals surface area contributed by atoms with Gasteiger partial charge in [-0.05, 0) is 48.2 Å². The van der Waals surface area contributed by atoms with Gasteiger partial charge in [0.25, 0.3) is 0 Å². The second-order valence-corrected chi connectivity index (χ2v) is 4.79. The van der Waals surface area contributed by atoms with Crippen molar-refractivity contribution in [2.45, 2.75) is 32.7 Å². The number of aryl methyl sites for hydroxylation is 1. The number of aromatic nitrogens is 2. The molecule has 2 aromatic heterocycles. The molecule has 0 aliphatic heterocycles. The Morgan fingerprint density at radius 3 is 2.75 bits per heavy atom. The van der Waals surface area contributed by atoms with E-state index in [2.05, 4.69) is 35.2 Å². The van der Waals surface area contributed by atoms with Gasteiger partial charge in [0.1, 0.15) is 5.82 Å². The fourth-order valence-electron chi connectivity index (χ4n) is 2.46. The van der Waals surface area contributed by atoms with Crippen LogP contribution in [0.15, 0.2) is 36.8 Å². The number of nitrogen functional groups attached to an aromatic ring is 1. The van der Waals surface area contributed by atoms with Crippen molar-refractivity contribution in [3.05, 3.63) is 53.5 Å².